The van der Waals surface area contributed by atoms with Gasteiger partial charge in [-0.05, 0) is 43.0 Å². The first-order valence-corrected chi connectivity index (χ1v) is 7.01. The Morgan fingerprint density at radius 2 is 2.05 bits per heavy atom. The monoisotopic (exact) mass is 257 g/mol. The highest BCUT2D eigenvalue weighted by atomic mass is 16.5. The fourth-order valence-electron chi connectivity index (χ4n) is 2.47. The molecule has 0 aliphatic carbocycles. The van der Waals surface area contributed by atoms with Crippen molar-refractivity contribution in [3.05, 3.63) is 47.8 Å². The van der Waals surface area contributed by atoms with E-state index in [4.69, 9.17) is 4.74 Å². The SMILES string of the molecule is CCc1ccc(N2C=CC(CC)C(C)=C2)c(OC)c1. The summed E-state index contributed by atoms with van der Waals surface area (Å²) in [7, 11) is 1.73. The van der Waals surface area contributed by atoms with Crippen LogP contribution in [0.4, 0.5) is 5.69 Å². The Morgan fingerprint density at radius 3 is 2.63 bits per heavy atom. The first kappa shape index (κ1) is 13.7. The molecule has 1 aromatic rings. The Balaban J connectivity index is 2.33. The number of methoxy groups -OCH3 is 1. The van der Waals surface area contributed by atoms with Crippen molar-refractivity contribution >= 4 is 5.69 Å². The minimum atomic E-state index is 0.567. The smallest absolute Gasteiger partial charge is 0.143 e. The van der Waals surface area contributed by atoms with Gasteiger partial charge in [-0.1, -0.05) is 26.0 Å². The molecule has 2 heteroatoms. The largest absolute Gasteiger partial charge is 0.495 e. The van der Waals surface area contributed by atoms with Crippen LogP contribution in [-0.4, -0.2) is 7.11 Å². The lowest BCUT2D eigenvalue weighted by Crippen LogP contribution is -2.16. The summed E-state index contributed by atoms with van der Waals surface area (Å²) < 4.78 is 5.52. The van der Waals surface area contributed by atoms with E-state index in [-0.39, 0.29) is 0 Å². The summed E-state index contributed by atoms with van der Waals surface area (Å²) in [5, 5.41) is 0. The zero-order chi connectivity index (χ0) is 13.8. The lowest BCUT2D eigenvalue weighted by atomic mass is 9.96. The van der Waals surface area contributed by atoms with Crippen molar-refractivity contribution in [3.63, 3.8) is 0 Å². The molecule has 0 fully saturated rings. The van der Waals surface area contributed by atoms with Crippen LogP contribution in [0.15, 0.2) is 42.2 Å². The predicted molar refractivity (Wildman–Crippen MR) is 81.5 cm³/mol. The molecule has 0 amide bonds. The normalized spacial score (nSPS) is 18.4. The minimum absolute atomic E-state index is 0.567. The van der Waals surface area contributed by atoms with Gasteiger partial charge in [0.1, 0.15) is 5.75 Å². The lowest BCUT2D eigenvalue weighted by Gasteiger charge is -2.26. The van der Waals surface area contributed by atoms with Gasteiger partial charge >= 0.3 is 0 Å². The molecule has 1 aliphatic rings. The molecular weight excluding hydrogens is 234 g/mol. The summed E-state index contributed by atoms with van der Waals surface area (Å²) in [4.78, 5) is 2.15. The molecule has 0 aromatic heterocycles. The van der Waals surface area contributed by atoms with Gasteiger partial charge in [-0.2, -0.15) is 0 Å². The number of allylic oxidation sites excluding steroid dienone is 2. The van der Waals surface area contributed by atoms with Crippen LogP contribution in [0.3, 0.4) is 0 Å². The third kappa shape index (κ3) is 2.83. The predicted octanol–water partition coefficient (Wildman–Crippen LogP) is 4.52. The Bertz CT molecular complexity index is 502. The molecule has 2 nitrogen and oxygen atoms in total. The average Bonchev–Trinajstić information content (AvgIpc) is 2.46. The van der Waals surface area contributed by atoms with E-state index in [1.807, 2.05) is 0 Å². The highest BCUT2D eigenvalue weighted by Gasteiger charge is 2.15. The Labute approximate surface area is 116 Å². The van der Waals surface area contributed by atoms with Gasteiger partial charge in [0.15, 0.2) is 0 Å². The van der Waals surface area contributed by atoms with Crippen LogP contribution in [-0.2, 0) is 6.42 Å². The second-order valence-corrected chi connectivity index (χ2v) is 5.00. The number of ether oxygens (including phenoxy) is 1. The Hall–Kier alpha value is -1.70. The van der Waals surface area contributed by atoms with Crippen molar-refractivity contribution in [1.82, 2.24) is 0 Å². The zero-order valence-electron chi connectivity index (χ0n) is 12.3. The molecule has 1 unspecified atom stereocenters. The Morgan fingerprint density at radius 1 is 1.26 bits per heavy atom. The summed E-state index contributed by atoms with van der Waals surface area (Å²) >= 11 is 0. The van der Waals surface area contributed by atoms with Crippen LogP contribution in [0.2, 0.25) is 0 Å². The molecule has 1 aliphatic heterocycles. The maximum absolute atomic E-state index is 5.52. The summed E-state index contributed by atoms with van der Waals surface area (Å²) in [5.74, 6) is 1.50. The van der Waals surface area contributed by atoms with Crippen molar-refractivity contribution in [3.8, 4) is 5.75 Å². The molecule has 0 saturated heterocycles. The van der Waals surface area contributed by atoms with E-state index in [9.17, 15) is 0 Å². The molecule has 1 heterocycles. The molecular formula is C17H23NO. The topological polar surface area (TPSA) is 12.5 Å². The van der Waals surface area contributed by atoms with Crippen LogP contribution in [0.5, 0.6) is 5.75 Å². The maximum Gasteiger partial charge on any atom is 0.143 e. The van der Waals surface area contributed by atoms with Crippen LogP contribution in [0.1, 0.15) is 32.8 Å². The molecule has 0 N–H and O–H groups in total. The van der Waals surface area contributed by atoms with Gasteiger partial charge in [0.2, 0.25) is 0 Å². The van der Waals surface area contributed by atoms with Crippen LogP contribution in [0.25, 0.3) is 0 Å². The molecule has 0 spiro atoms. The number of hydrogen-bond donors (Lipinski definition) is 0. The van der Waals surface area contributed by atoms with Crippen LogP contribution >= 0.6 is 0 Å². The minimum Gasteiger partial charge on any atom is -0.495 e. The number of benzene rings is 1. The third-order valence-electron chi connectivity index (χ3n) is 3.78. The maximum atomic E-state index is 5.52. The van der Waals surface area contributed by atoms with Gasteiger partial charge in [-0.3, -0.25) is 0 Å². The molecule has 102 valence electrons. The second-order valence-electron chi connectivity index (χ2n) is 5.00. The van der Waals surface area contributed by atoms with Gasteiger partial charge in [-0.25, -0.2) is 0 Å². The molecule has 0 radical (unpaired) electrons. The van der Waals surface area contributed by atoms with Crippen LogP contribution < -0.4 is 9.64 Å². The van der Waals surface area contributed by atoms with Gasteiger partial charge in [0, 0.05) is 18.3 Å². The van der Waals surface area contributed by atoms with Gasteiger partial charge in [-0.15, -0.1) is 0 Å². The van der Waals surface area contributed by atoms with Crippen molar-refractivity contribution in [2.24, 2.45) is 5.92 Å². The highest BCUT2D eigenvalue weighted by Crippen LogP contribution is 2.33. The number of rotatable bonds is 4. The van der Waals surface area contributed by atoms with Gasteiger partial charge < -0.3 is 9.64 Å². The third-order valence-corrected chi connectivity index (χ3v) is 3.78. The Kier molecular flexibility index (Phi) is 4.31. The molecule has 1 atom stereocenters. The molecule has 1 aromatic carbocycles. The molecule has 0 saturated carbocycles. The van der Waals surface area contributed by atoms with Crippen molar-refractivity contribution in [2.75, 3.05) is 12.0 Å². The first-order chi connectivity index (χ1) is 9.19. The van der Waals surface area contributed by atoms with E-state index < -0.39 is 0 Å². The van der Waals surface area contributed by atoms with Crippen molar-refractivity contribution in [1.29, 1.82) is 0 Å². The average molecular weight is 257 g/mol. The van der Waals surface area contributed by atoms with E-state index in [1.54, 1.807) is 7.11 Å². The van der Waals surface area contributed by atoms with Gasteiger partial charge in [0.25, 0.3) is 0 Å². The zero-order valence-corrected chi connectivity index (χ0v) is 12.3. The van der Waals surface area contributed by atoms with Crippen LogP contribution in [0, 0.1) is 5.92 Å². The number of anilines is 1. The van der Waals surface area contributed by atoms with E-state index in [0.29, 0.717) is 5.92 Å². The standard InChI is InChI=1S/C17H23NO/c1-5-14-7-8-16(17(11-14)19-4)18-10-9-15(6-2)13(3)12-18/h7-12,15H,5-6H2,1-4H3. The van der Waals surface area contributed by atoms with E-state index in [0.717, 1.165) is 24.3 Å². The lowest BCUT2D eigenvalue weighted by molar-refractivity contribution is 0.415. The molecule has 19 heavy (non-hydrogen) atoms. The molecule has 0 bridgehead atoms. The van der Waals surface area contributed by atoms with Crippen molar-refractivity contribution < 1.29 is 4.74 Å². The molecule has 2 rings (SSSR count). The van der Waals surface area contributed by atoms with E-state index in [1.165, 1.54) is 11.1 Å². The summed E-state index contributed by atoms with van der Waals surface area (Å²) in [6.45, 7) is 6.57. The van der Waals surface area contributed by atoms with E-state index in [2.05, 4.69) is 62.3 Å². The number of hydrogen-bond acceptors (Lipinski definition) is 2. The summed E-state index contributed by atoms with van der Waals surface area (Å²) in [6.07, 6.45) is 8.79. The highest BCUT2D eigenvalue weighted by molar-refractivity contribution is 5.64. The quantitative estimate of drug-likeness (QED) is 0.786. The second kappa shape index (κ2) is 5.96. The first-order valence-electron chi connectivity index (χ1n) is 7.01. The van der Waals surface area contributed by atoms with E-state index >= 15 is 0 Å². The fourth-order valence-corrected chi connectivity index (χ4v) is 2.47. The van der Waals surface area contributed by atoms with Gasteiger partial charge in [0.05, 0.1) is 12.8 Å². The van der Waals surface area contributed by atoms with Crippen molar-refractivity contribution in [2.45, 2.75) is 33.6 Å². The summed E-state index contributed by atoms with van der Waals surface area (Å²) in [5.41, 5.74) is 3.80. The number of nitrogens with zero attached hydrogens (tertiary/aromatic N) is 1. The fraction of sp³-hybridized carbons (Fsp3) is 0.412. The summed E-state index contributed by atoms with van der Waals surface area (Å²) in [6, 6.07) is 6.43. The number of aryl methyl sites for hydroxylation is 1.